The van der Waals surface area contributed by atoms with Gasteiger partial charge in [-0.15, -0.1) is 0 Å². The Bertz CT molecular complexity index is 872. The Balaban J connectivity index is 1.80. The maximum atomic E-state index is 13.2. The number of fused-ring (bicyclic) bond motifs is 1. The second-order valence-electron chi connectivity index (χ2n) is 5.84. The van der Waals surface area contributed by atoms with Gasteiger partial charge in [0.05, 0.1) is 0 Å². The summed E-state index contributed by atoms with van der Waals surface area (Å²) in [5, 5.41) is 0. The molecule has 2 aromatic heterocycles. The molecule has 0 spiro atoms. The van der Waals surface area contributed by atoms with Gasteiger partial charge < -0.3 is 0 Å². The van der Waals surface area contributed by atoms with Gasteiger partial charge in [0.25, 0.3) is 0 Å². The van der Waals surface area contributed by atoms with Crippen molar-refractivity contribution in [3.05, 3.63) is 48.0 Å². The number of imidazole rings is 1. The zero-order valence-electron chi connectivity index (χ0n) is 12.6. The molecule has 0 N–H and O–H groups in total. The van der Waals surface area contributed by atoms with Crippen LogP contribution in [0.3, 0.4) is 0 Å². The van der Waals surface area contributed by atoms with Crippen molar-refractivity contribution in [1.82, 2.24) is 19.5 Å². The van der Waals surface area contributed by atoms with E-state index in [2.05, 4.69) is 15.0 Å². The van der Waals surface area contributed by atoms with Crippen LogP contribution in [0.25, 0.3) is 11.2 Å². The first-order valence-electron chi connectivity index (χ1n) is 7.61. The van der Waals surface area contributed by atoms with Crippen LogP contribution in [0.4, 0.5) is 13.2 Å². The number of hydrogen-bond donors (Lipinski definition) is 0. The number of halogens is 3. The van der Waals surface area contributed by atoms with Gasteiger partial charge >= 0.3 is 142 Å². The Labute approximate surface area is 142 Å². The standard InChI is InChI=1S/C16H14AsF3N4/c18-16(19,20)15-22-13(17-11-6-7-11)12-14(23-15)24(9-21-12)8-10-4-2-1-3-5-10/h1-5,9,11,17H,6-8H2. The molecule has 8 heteroatoms. The fourth-order valence-corrected chi connectivity index (χ4v) is 5.27. The van der Waals surface area contributed by atoms with E-state index in [9.17, 15) is 13.2 Å². The summed E-state index contributed by atoms with van der Waals surface area (Å²) < 4.78 is 42.3. The van der Waals surface area contributed by atoms with Gasteiger partial charge in [-0.2, -0.15) is 0 Å². The molecule has 0 bridgehead atoms. The first-order chi connectivity index (χ1) is 11.5. The van der Waals surface area contributed by atoms with Gasteiger partial charge in [0.1, 0.15) is 0 Å². The summed E-state index contributed by atoms with van der Waals surface area (Å²) >= 11 is -0.713. The predicted molar refractivity (Wildman–Crippen MR) is 85.6 cm³/mol. The summed E-state index contributed by atoms with van der Waals surface area (Å²) in [7, 11) is 0. The molecule has 24 heavy (non-hydrogen) atoms. The van der Waals surface area contributed by atoms with Crippen molar-refractivity contribution in [3.8, 4) is 0 Å². The summed E-state index contributed by atoms with van der Waals surface area (Å²) in [5.41, 5.74) is 1.80. The first kappa shape index (κ1) is 15.6. The summed E-state index contributed by atoms with van der Waals surface area (Å²) in [6.07, 6.45) is -0.787. The molecule has 0 saturated heterocycles. The van der Waals surface area contributed by atoms with Gasteiger partial charge in [-0.3, -0.25) is 0 Å². The Hall–Kier alpha value is -1.88. The van der Waals surface area contributed by atoms with Crippen LogP contribution in [0.2, 0.25) is 4.71 Å². The second kappa shape index (κ2) is 5.88. The molecule has 1 aliphatic carbocycles. The van der Waals surface area contributed by atoms with Crippen molar-refractivity contribution in [3.63, 3.8) is 0 Å². The number of hydrogen-bond acceptors (Lipinski definition) is 3. The predicted octanol–water partition coefficient (Wildman–Crippen LogP) is 2.54. The molecule has 1 aliphatic rings. The number of aromatic nitrogens is 4. The van der Waals surface area contributed by atoms with Crippen molar-refractivity contribution in [1.29, 1.82) is 0 Å². The molecule has 2 heterocycles. The van der Waals surface area contributed by atoms with Gasteiger partial charge in [0, 0.05) is 0 Å². The minimum atomic E-state index is -4.54. The van der Waals surface area contributed by atoms with Gasteiger partial charge in [-0.1, -0.05) is 0 Å². The fraction of sp³-hybridized carbons (Fsp3) is 0.312. The van der Waals surface area contributed by atoms with Crippen LogP contribution in [0.5, 0.6) is 0 Å². The molecule has 0 aliphatic heterocycles. The third-order valence-corrected chi connectivity index (χ3v) is 7.20. The molecule has 4 nitrogen and oxygen atoms in total. The molecule has 1 unspecified atom stereocenters. The van der Waals surface area contributed by atoms with E-state index < -0.39 is 27.8 Å². The van der Waals surface area contributed by atoms with Crippen molar-refractivity contribution in [2.75, 3.05) is 0 Å². The van der Waals surface area contributed by atoms with E-state index in [0.717, 1.165) is 18.4 Å². The van der Waals surface area contributed by atoms with Crippen LogP contribution >= 0.6 is 0 Å². The summed E-state index contributed by atoms with van der Waals surface area (Å²) in [6, 6.07) is 9.55. The van der Waals surface area contributed by atoms with Crippen molar-refractivity contribution >= 4 is 31.4 Å². The van der Waals surface area contributed by atoms with Gasteiger partial charge in [-0.05, 0) is 0 Å². The van der Waals surface area contributed by atoms with E-state index in [4.69, 9.17) is 0 Å². The third kappa shape index (κ3) is 3.18. The molecule has 4 rings (SSSR count). The van der Waals surface area contributed by atoms with Gasteiger partial charge in [0.15, 0.2) is 0 Å². The molecule has 3 aromatic rings. The first-order valence-corrected chi connectivity index (χ1v) is 9.87. The monoisotopic (exact) mass is 394 g/mol. The number of nitrogens with zero attached hydrogens (tertiary/aromatic N) is 4. The Morgan fingerprint density at radius 1 is 1.12 bits per heavy atom. The summed E-state index contributed by atoms with van der Waals surface area (Å²) in [6.45, 7) is 0.439. The molecule has 1 saturated carbocycles. The van der Waals surface area contributed by atoms with E-state index in [1.807, 2.05) is 30.3 Å². The normalized spacial score (nSPS) is 15.6. The van der Waals surface area contributed by atoms with Crippen molar-refractivity contribution in [2.45, 2.75) is 30.3 Å². The Morgan fingerprint density at radius 3 is 2.54 bits per heavy atom. The molecular formula is C16H14AsF3N4. The SMILES string of the molecule is FC(F)(F)c1nc([AsH]C2CC2)c2ncn(Cc3ccccc3)c2n1. The fourth-order valence-electron chi connectivity index (χ4n) is 2.49. The van der Waals surface area contributed by atoms with Crippen LogP contribution in [-0.2, 0) is 12.7 Å². The second-order valence-corrected chi connectivity index (χ2v) is 9.15. The molecule has 124 valence electrons. The molecule has 1 aromatic carbocycles. The third-order valence-electron chi connectivity index (χ3n) is 3.83. The average Bonchev–Trinajstić information content (AvgIpc) is 3.27. The molecule has 0 radical (unpaired) electrons. The Morgan fingerprint density at radius 2 is 1.88 bits per heavy atom. The quantitative estimate of drug-likeness (QED) is 0.639. The van der Waals surface area contributed by atoms with E-state index in [1.54, 1.807) is 10.9 Å². The van der Waals surface area contributed by atoms with Gasteiger partial charge in [0.2, 0.25) is 0 Å². The summed E-state index contributed by atoms with van der Waals surface area (Å²) in [4.78, 5) is 11.9. The minimum absolute atomic E-state index is 0.278. The average molecular weight is 394 g/mol. The van der Waals surface area contributed by atoms with Crippen LogP contribution < -0.4 is 4.48 Å². The number of rotatable bonds is 4. The zero-order chi connectivity index (χ0) is 16.7. The topological polar surface area (TPSA) is 43.6 Å². The number of benzene rings is 1. The molecular weight excluding hydrogens is 380 g/mol. The van der Waals surface area contributed by atoms with E-state index in [-0.39, 0.29) is 5.65 Å². The van der Waals surface area contributed by atoms with E-state index >= 15 is 0 Å². The maximum absolute atomic E-state index is 13.2. The molecule has 1 fully saturated rings. The van der Waals surface area contributed by atoms with Crippen molar-refractivity contribution in [2.24, 2.45) is 0 Å². The van der Waals surface area contributed by atoms with E-state index in [0.29, 0.717) is 21.2 Å². The summed E-state index contributed by atoms with van der Waals surface area (Å²) in [5.74, 6) is -1.05. The van der Waals surface area contributed by atoms with Crippen LogP contribution in [0.15, 0.2) is 36.7 Å². The van der Waals surface area contributed by atoms with E-state index in [1.165, 1.54) is 0 Å². The van der Waals surface area contributed by atoms with Crippen LogP contribution in [-0.4, -0.2) is 35.3 Å². The zero-order valence-corrected chi connectivity index (χ0v) is 14.7. The molecule has 1 atom stereocenters. The van der Waals surface area contributed by atoms with Gasteiger partial charge in [-0.25, -0.2) is 0 Å². The molecule has 0 amide bonds. The van der Waals surface area contributed by atoms with Crippen LogP contribution in [0.1, 0.15) is 24.2 Å². The number of alkyl halides is 3. The van der Waals surface area contributed by atoms with Crippen molar-refractivity contribution < 1.29 is 13.2 Å². The van der Waals surface area contributed by atoms with Crippen LogP contribution in [0, 0.1) is 0 Å². The Kier molecular flexibility index (Phi) is 3.83.